The molecule has 7 heteroatoms. The first-order chi connectivity index (χ1) is 13.1. The number of aromatic nitrogens is 1. The van der Waals surface area contributed by atoms with Crippen molar-refractivity contribution in [2.45, 2.75) is 19.9 Å². The van der Waals surface area contributed by atoms with Crippen molar-refractivity contribution in [3.8, 4) is 0 Å². The second kappa shape index (κ2) is 8.86. The highest BCUT2D eigenvalue weighted by Crippen LogP contribution is 2.17. The number of carbonyl (C=O) groups excluding carboxylic acids is 2. The average Bonchev–Trinajstić information content (AvgIpc) is 2.69. The molecule has 1 aromatic heterocycles. The van der Waals surface area contributed by atoms with Gasteiger partial charge in [0.25, 0.3) is 5.91 Å². The van der Waals surface area contributed by atoms with Crippen LogP contribution in [0, 0.1) is 0 Å². The Balaban J connectivity index is 1.58. The Kier molecular flexibility index (Phi) is 6.29. The SMILES string of the molecule is CCCNC(=O)c1ccc(N2CCN(Cc3ccc(Cl)cc3)C(=O)C2)nc1. The maximum atomic E-state index is 12.5. The van der Waals surface area contributed by atoms with Crippen molar-refractivity contribution < 1.29 is 9.59 Å². The maximum absolute atomic E-state index is 12.5. The van der Waals surface area contributed by atoms with E-state index in [0.29, 0.717) is 42.6 Å². The maximum Gasteiger partial charge on any atom is 0.252 e. The van der Waals surface area contributed by atoms with Gasteiger partial charge in [-0.2, -0.15) is 0 Å². The molecule has 27 heavy (non-hydrogen) atoms. The lowest BCUT2D eigenvalue weighted by Gasteiger charge is -2.35. The first-order valence-electron chi connectivity index (χ1n) is 9.08. The molecular weight excluding hydrogens is 364 g/mol. The van der Waals surface area contributed by atoms with Crippen LogP contribution in [0.3, 0.4) is 0 Å². The highest BCUT2D eigenvalue weighted by atomic mass is 35.5. The van der Waals surface area contributed by atoms with E-state index in [1.54, 1.807) is 18.3 Å². The van der Waals surface area contributed by atoms with Gasteiger partial charge in [0.1, 0.15) is 5.82 Å². The largest absolute Gasteiger partial charge is 0.352 e. The highest BCUT2D eigenvalue weighted by molar-refractivity contribution is 6.30. The van der Waals surface area contributed by atoms with Gasteiger partial charge in [0.15, 0.2) is 0 Å². The van der Waals surface area contributed by atoms with E-state index in [0.717, 1.165) is 12.0 Å². The zero-order valence-corrected chi connectivity index (χ0v) is 16.1. The van der Waals surface area contributed by atoms with Gasteiger partial charge in [-0.1, -0.05) is 30.7 Å². The van der Waals surface area contributed by atoms with Crippen LogP contribution in [-0.2, 0) is 11.3 Å². The minimum atomic E-state index is -0.125. The molecule has 0 unspecified atom stereocenters. The van der Waals surface area contributed by atoms with Gasteiger partial charge in [-0.15, -0.1) is 0 Å². The molecule has 0 spiro atoms. The van der Waals surface area contributed by atoms with Crippen molar-refractivity contribution >= 4 is 29.2 Å². The van der Waals surface area contributed by atoms with Crippen LogP contribution >= 0.6 is 11.6 Å². The summed E-state index contributed by atoms with van der Waals surface area (Å²) in [5, 5.41) is 3.51. The summed E-state index contributed by atoms with van der Waals surface area (Å²) >= 11 is 5.91. The topological polar surface area (TPSA) is 65.5 Å². The predicted molar refractivity (Wildman–Crippen MR) is 106 cm³/mol. The summed E-state index contributed by atoms with van der Waals surface area (Å²) in [4.78, 5) is 32.6. The summed E-state index contributed by atoms with van der Waals surface area (Å²) in [6, 6.07) is 11.1. The summed E-state index contributed by atoms with van der Waals surface area (Å²) in [5.74, 6) is 0.643. The number of nitrogens with one attached hydrogen (secondary N) is 1. The van der Waals surface area contributed by atoms with E-state index in [1.807, 2.05) is 41.0 Å². The van der Waals surface area contributed by atoms with Crippen LogP contribution in [0.5, 0.6) is 0 Å². The van der Waals surface area contributed by atoms with Crippen LogP contribution < -0.4 is 10.2 Å². The Morgan fingerprint density at radius 3 is 2.59 bits per heavy atom. The number of rotatable bonds is 6. The molecule has 2 heterocycles. The lowest BCUT2D eigenvalue weighted by Crippen LogP contribution is -2.50. The molecule has 0 saturated carbocycles. The number of halogens is 1. The quantitative estimate of drug-likeness (QED) is 0.829. The number of carbonyl (C=O) groups is 2. The van der Waals surface area contributed by atoms with E-state index in [2.05, 4.69) is 10.3 Å². The number of amides is 2. The summed E-state index contributed by atoms with van der Waals surface area (Å²) < 4.78 is 0. The molecule has 2 amide bonds. The fraction of sp³-hybridized carbons (Fsp3) is 0.350. The number of anilines is 1. The Labute approximate surface area is 164 Å². The molecule has 1 aromatic carbocycles. The summed E-state index contributed by atoms with van der Waals surface area (Å²) in [7, 11) is 0. The van der Waals surface area contributed by atoms with Crippen LogP contribution in [0.15, 0.2) is 42.6 Å². The van der Waals surface area contributed by atoms with Crippen molar-refractivity contribution in [3.63, 3.8) is 0 Å². The first kappa shape index (κ1) is 19.2. The van der Waals surface area contributed by atoms with E-state index in [4.69, 9.17) is 11.6 Å². The molecule has 1 fully saturated rings. The average molecular weight is 387 g/mol. The molecule has 0 atom stereocenters. The van der Waals surface area contributed by atoms with Gasteiger partial charge in [-0.05, 0) is 36.2 Å². The lowest BCUT2D eigenvalue weighted by atomic mass is 10.2. The van der Waals surface area contributed by atoms with Crippen molar-refractivity contribution in [1.82, 2.24) is 15.2 Å². The third kappa shape index (κ3) is 4.98. The Bertz CT molecular complexity index is 793. The first-order valence-corrected chi connectivity index (χ1v) is 9.46. The Hall–Kier alpha value is -2.60. The third-order valence-electron chi connectivity index (χ3n) is 4.47. The second-order valence-corrected chi connectivity index (χ2v) is 6.96. The van der Waals surface area contributed by atoms with E-state index in [9.17, 15) is 9.59 Å². The highest BCUT2D eigenvalue weighted by Gasteiger charge is 2.25. The third-order valence-corrected chi connectivity index (χ3v) is 4.73. The van der Waals surface area contributed by atoms with Crippen LogP contribution in [0.4, 0.5) is 5.82 Å². The number of benzene rings is 1. The minimum absolute atomic E-state index is 0.0581. The Morgan fingerprint density at radius 2 is 1.96 bits per heavy atom. The number of nitrogens with zero attached hydrogens (tertiary/aromatic N) is 3. The van der Waals surface area contributed by atoms with Gasteiger partial charge in [0.05, 0.1) is 12.1 Å². The smallest absolute Gasteiger partial charge is 0.252 e. The summed E-state index contributed by atoms with van der Waals surface area (Å²) in [5.41, 5.74) is 1.58. The van der Waals surface area contributed by atoms with Crippen LogP contribution in [0.1, 0.15) is 29.3 Å². The van der Waals surface area contributed by atoms with Gasteiger partial charge in [-0.25, -0.2) is 4.98 Å². The van der Waals surface area contributed by atoms with E-state index >= 15 is 0 Å². The zero-order valence-electron chi connectivity index (χ0n) is 15.3. The van der Waals surface area contributed by atoms with E-state index in [-0.39, 0.29) is 18.4 Å². The molecular formula is C20H23ClN4O2. The molecule has 1 saturated heterocycles. The molecule has 0 radical (unpaired) electrons. The van der Waals surface area contributed by atoms with Gasteiger partial charge >= 0.3 is 0 Å². The van der Waals surface area contributed by atoms with Crippen molar-refractivity contribution in [1.29, 1.82) is 0 Å². The number of piperazine rings is 1. The van der Waals surface area contributed by atoms with Crippen LogP contribution in [-0.4, -0.2) is 47.9 Å². The Morgan fingerprint density at radius 1 is 1.19 bits per heavy atom. The van der Waals surface area contributed by atoms with E-state index < -0.39 is 0 Å². The molecule has 1 N–H and O–H groups in total. The number of pyridine rings is 1. The van der Waals surface area contributed by atoms with Gasteiger partial charge in [-0.3, -0.25) is 9.59 Å². The normalized spacial score (nSPS) is 14.4. The molecule has 2 aromatic rings. The monoisotopic (exact) mass is 386 g/mol. The number of hydrogen-bond donors (Lipinski definition) is 1. The van der Waals surface area contributed by atoms with Crippen molar-refractivity contribution in [3.05, 3.63) is 58.7 Å². The van der Waals surface area contributed by atoms with Gasteiger partial charge in [0, 0.05) is 37.4 Å². The predicted octanol–water partition coefficient (Wildman–Crippen LogP) is 2.72. The van der Waals surface area contributed by atoms with Gasteiger partial charge in [0.2, 0.25) is 5.91 Å². The minimum Gasteiger partial charge on any atom is -0.352 e. The van der Waals surface area contributed by atoms with E-state index in [1.165, 1.54) is 0 Å². The van der Waals surface area contributed by atoms with Crippen LogP contribution in [0.2, 0.25) is 5.02 Å². The van der Waals surface area contributed by atoms with Crippen LogP contribution in [0.25, 0.3) is 0 Å². The molecule has 1 aliphatic rings. The molecule has 3 rings (SSSR count). The zero-order chi connectivity index (χ0) is 19.2. The summed E-state index contributed by atoms with van der Waals surface area (Å²) in [6.45, 7) is 4.83. The fourth-order valence-electron chi connectivity index (χ4n) is 2.93. The molecule has 6 nitrogen and oxygen atoms in total. The molecule has 142 valence electrons. The fourth-order valence-corrected chi connectivity index (χ4v) is 3.06. The second-order valence-electron chi connectivity index (χ2n) is 6.52. The van der Waals surface area contributed by atoms with Crippen molar-refractivity contribution in [2.75, 3.05) is 31.1 Å². The molecule has 0 aliphatic carbocycles. The number of hydrogen-bond acceptors (Lipinski definition) is 4. The standard InChI is InChI=1S/C20H23ClN4O2/c1-2-9-22-20(27)16-5-8-18(23-12-16)24-10-11-25(19(26)14-24)13-15-3-6-17(21)7-4-15/h3-8,12H,2,9-11,13-14H2,1H3,(H,22,27). The lowest BCUT2D eigenvalue weighted by molar-refractivity contribution is -0.131. The van der Waals surface area contributed by atoms with Crippen molar-refractivity contribution in [2.24, 2.45) is 0 Å². The molecule has 1 aliphatic heterocycles. The molecule has 0 bridgehead atoms. The van der Waals surface area contributed by atoms with Gasteiger partial charge < -0.3 is 15.1 Å². The summed E-state index contributed by atoms with van der Waals surface area (Å²) in [6.07, 6.45) is 2.45.